The molecule has 1 atom stereocenters. The minimum absolute atomic E-state index is 0.184. The van der Waals surface area contributed by atoms with E-state index in [9.17, 15) is 4.79 Å². The minimum atomic E-state index is -0.283. The van der Waals surface area contributed by atoms with Gasteiger partial charge in [-0.15, -0.1) is 0 Å². The zero-order chi connectivity index (χ0) is 18.0. The molecule has 1 aromatic carbocycles. The van der Waals surface area contributed by atoms with Crippen molar-refractivity contribution in [3.8, 4) is 5.75 Å². The molecule has 0 N–H and O–H groups in total. The third kappa shape index (κ3) is 1.91. The van der Waals surface area contributed by atoms with Gasteiger partial charge in [-0.3, -0.25) is 4.79 Å². The van der Waals surface area contributed by atoms with Gasteiger partial charge in [-0.2, -0.15) is 0 Å². The molecule has 0 spiro atoms. The van der Waals surface area contributed by atoms with Gasteiger partial charge in [0.15, 0.2) is 0 Å². The summed E-state index contributed by atoms with van der Waals surface area (Å²) in [6.07, 6.45) is 2.08. The molecule has 0 fully saturated rings. The molecule has 5 rings (SSSR count). The quantitative estimate of drug-likeness (QED) is 0.741. The van der Waals surface area contributed by atoms with Crippen LogP contribution in [0.3, 0.4) is 0 Å². The SMILES string of the molecule is C=C1C2=C(C=C3c4nc5cccc(OC)c5cc4CN13)C(C)C(=O)OC2. The third-order valence-corrected chi connectivity index (χ3v) is 5.47. The molecule has 3 aliphatic rings. The Hall–Kier alpha value is -3.08. The second-order valence-corrected chi connectivity index (χ2v) is 6.85. The van der Waals surface area contributed by atoms with Crippen LogP contribution < -0.4 is 4.74 Å². The van der Waals surface area contributed by atoms with E-state index in [2.05, 4.69) is 23.6 Å². The van der Waals surface area contributed by atoms with E-state index in [4.69, 9.17) is 14.5 Å². The number of carbonyl (C=O) groups excluding carboxylic acids is 1. The molecule has 0 radical (unpaired) electrons. The molecule has 0 saturated carbocycles. The van der Waals surface area contributed by atoms with Crippen LogP contribution in [0.4, 0.5) is 0 Å². The summed E-state index contributed by atoms with van der Waals surface area (Å²) in [6, 6.07) is 8.03. The van der Waals surface area contributed by atoms with Crippen molar-refractivity contribution in [3.63, 3.8) is 0 Å². The fourth-order valence-corrected chi connectivity index (χ4v) is 4.01. The second-order valence-electron chi connectivity index (χ2n) is 6.85. The van der Waals surface area contributed by atoms with Gasteiger partial charge in [0.05, 0.1) is 36.5 Å². The topological polar surface area (TPSA) is 51.7 Å². The van der Waals surface area contributed by atoms with Crippen LogP contribution >= 0.6 is 0 Å². The fraction of sp³-hybridized carbons (Fsp3) is 0.238. The predicted molar refractivity (Wildman–Crippen MR) is 98.1 cm³/mol. The summed E-state index contributed by atoms with van der Waals surface area (Å²) in [5.74, 6) is 0.353. The van der Waals surface area contributed by atoms with Gasteiger partial charge < -0.3 is 14.4 Å². The first kappa shape index (κ1) is 15.2. The van der Waals surface area contributed by atoms with Crippen LogP contribution in [0.25, 0.3) is 16.6 Å². The average Bonchev–Trinajstić information content (AvgIpc) is 3.01. The minimum Gasteiger partial charge on any atom is -0.496 e. The number of hydrogen-bond donors (Lipinski definition) is 0. The molecule has 26 heavy (non-hydrogen) atoms. The number of fused-ring (bicyclic) bond motifs is 4. The van der Waals surface area contributed by atoms with Crippen molar-refractivity contribution in [2.45, 2.75) is 13.5 Å². The van der Waals surface area contributed by atoms with Gasteiger partial charge in [-0.1, -0.05) is 12.6 Å². The summed E-state index contributed by atoms with van der Waals surface area (Å²) in [5, 5.41) is 1.00. The van der Waals surface area contributed by atoms with Crippen molar-refractivity contribution >= 4 is 22.6 Å². The first-order chi connectivity index (χ1) is 12.6. The van der Waals surface area contributed by atoms with Crippen LogP contribution in [-0.4, -0.2) is 29.6 Å². The number of cyclic esters (lactones) is 1. The van der Waals surface area contributed by atoms with Crippen LogP contribution in [0.1, 0.15) is 18.2 Å². The summed E-state index contributed by atoms with van der Waals surface area (Å²) < 4.78 is 10.8. The number of ether oxygens (including phenoxy) is 2. The summed E-state index contributed by atoms with van der Waals surface area (Å²) in [6.45, 7) is 7.15. The maximum absolute atomic E-state index is 12.0. The number of pyridine rings is 1. The van der Waals surface area contributed by atoms with Crippen LogP contribution in [-0.2, 0) is 16.1 Å². The average molecular weight is 346 g/mol. The van der Waals surface area contributed by atoms with E-state index in [0.717, 1.165) is 50.5 Å². The molecule has 5 nitrogen and oxygen atoms in total. The van der Waals surface area contributed by atoms with E-state index < -0.39 is 0 Å². The highest BCUT2D eigenvalue weighted by Crippen LogP contribution is 2.45. The Bertz CT molecular complexity index is 1060. The van der Waals surface area contributed by atoms with Crippen molar-refractivity contribution in [3.05, 3.63) is 65.0 Å². The molecule has 130 valence electrons. The van der Waals surface area contributed by atoms with Crippen LogP contribution in [0.5, 0.6) is 5.75 Å². The van der Waals surface area contributed by atoms with Gasteiger partial charge in [-0.25, -0.2) is 4.98 Å². The number of nitrogens with zero attached hydrogens (tertiary/aromatic N) is 2. The van der Waals surface area contributed by atoms with E-state index in [0.29, 0.717) is 6.54 Å². The van der Waals surface area contributed by atoms with E-state index >= 15 is 0 Å². The van der Waals surface area contributed by atoms with Gasteiger partial charge >= 0.3 is 5.97 Å². The van der Waals surface area contributed by atoms with Gasteiger partial charge in [0, 0.05) is 22.2 Å². The number of allylic oxidation sites excluding steroid dienone is 1. The Labute approximate surface area is 151 Å². The Morgan fingerprint density at radius 1 is 1.38 bits per heavy atom. The molecule has 0 amide bonds. The highest BCUT2D eigenvalue weighted by atomic mass is 16.5. The molecule has 2 aromatic rings. The Morgan fingerprint density at radius 2 is 2.23 bits per heavy atom. The lowest BCUT2D eigenvalue weighted by atomic mass is 9.88. The maximum Gasteiger partial charge on any atom is 0.313 e. The molecular formula is C21H18N2O3. The first-order valence-electron chi connectivity index (χ1n) is 8.63. The van der Waals surface area contributed by atoms with Crippen LogP contribution in [0.15, 0.2) is 53.8 Å². The number of hydrogen-bond acceptors (Lipinski definition) is 5. The summed E-state index contributed by atoms with van der Waals surface area (Å²) in [5.41, 5.74) is 6.89. The monoisotopic (exact) mass is 346 g/mol. The van der Waals surface area contributed by atoms with E-state index in [1.54, 1.807) is 7.11 Å². The van der Waals surface area contributed by atoms with Crippen molar-refractivity contribution < 1.29 is 14.3 Å². The fourth-order valence-electron chi connectivity index (χ4n) is 4.01. The number of esters is 1. The van der Waals surface area contributed by atoms with Crippen LogP contribution in [0, 0.1) is 5.92 Å². The lowest BCUT2D eigenvalue weighted by Gasteiger charge is -2.34. The van der Waals surface area contributed by atoms with Gasteiger partial charge in [0.1, 0.15) is 12.4 Å². The number of methoxy groups -OCH3 is 1. The second kappa shape index (κ2) is 5.21. The maximum atomic E-state index is 12.0. The van der Waals surface area contributed by atoms with Crippen molar-refractivity contribution in [1.82, 2.24) is 9.88 Å². The first-order valence-corrected chi connectivity index (χ1v) is 8.63. The number of aromatic nitrogens is 1. The standard InChI is InChI=1S/C21H18N2O3/c1-11-14-8-18-20-13(7-15-17(22-20)5-4-6-19(15)25-3)9-23(18)12(2)16(14)10-26-21(11)24/h4-8,11H,2,9-10H2,1,3H3. The Morgan fingerprint density at radius 3 is 3.04 bits per heavy atom. The van der Waals surface area contributed by atoms with Crippen molar-refractivity contribution in [2.24, 2.45) is 5.92 Å². The molecular weight excluding hydrogens is 328 g/mol. The Balaban J connectivity index is 1.71. The van der Waals surface area contributed by atoms with E-state index in [1.165, 1.54) is 0 Å². The summed E-state index contributed by atoms with van der Waals surface area (Å²) in [4.78, 5) is 19.0. The Kier molecular flexibility index (Phi) is 3.04. The van der Waals surface area contributed by atoms with Crippen LogP contribution in [0.2, 0.25) is 0 Å². The normalized spacial score (nSPS) is 21.2. The highest BCUT2D eigenvalue weighted by molar-refractivity contribution is 5.90. The van der Waals surface area contributed by atoms with Crippen molar-refractivity contribution in [1.29, 1.82) is 0 Å². The zero-order valence-corrected chi connectivity index (χ0v) is 14.7. The van der Waals surface area contributed by atoms with Gasteiger partial charge in [-0.05, 0) is 36.8 Å². The van der Waals surface area contributed by atoms with E-state index in [1.807, 2.05) is 25.1 Å². The van der Waals surface area contributed by atoms with Crippen molar-refractivity contribution in [2.75, 3.05) is 13.7 Å². The number of benzene rings is 1. The largest absolute Gasteiger partial charge is 0.496 e. The molecule has 0 aliphatic carbocycles. The molecule has 1 aromatic heterocycles. The van der Waals surface area contributed by atoms with Gasteiger partial charge in [0.2, 0.25) is 0 Å². The third-order valence-electron chi connectivity index (χ3n) is 5.47. The molecule has 5 heteroatoms. The van der Waals surface area contributed by atoms with E-state index in [-0.39, 0.29) is 18.5 Å². The molecule has 3 aliphatic heterocycles. The summed E-state index contributed by atoms with van der Waals surface area (Å²) in [7, 11) is 1.67. The smallest absolute Gasteiger partial charge is 0.313 e. The number of rotatable bonds is 1. The zero-order valence-electron chi connectivity index (χ0n) is 14.7. The van der Waals surface area contributed by atoms with Gasteiger partial charge in [0.25, 0.3) is 0 Å². The molecule has 1 unspecified atom stereocenters. The highest BCUT2D eigenvalue weighted by Gasteiger charge is 2.38. The number of carbonyl (C=O) groups is 1. The molecule has 0 bridgehead atoms. The molecule has 0 saturated heterocycles. The molecule has 4 heterocycles. The lowest BCUT2D eigenvalue weighted by molar-refractivity contribution is -0.146. The lowest BCUT2D eigenvalue weighted by Crippen LogP contribution is -2.31. The summed E-state index contributed by atoms with van der Waals surface area (Å²) >= 11 is 0. The predicted octanol–water partition coefficient (Wildman–Crippen LogP) is 3.42.